The summed E-state index contributed by atoms with van der Waals surface area (Å²) in [5, 5.41) is 12.6. The second-order valence-corrected chi connectivity index (χ2v) is 8.12. The van der Waals surface area contributed by atoms with Crippen LogP contribution in [0.4, 0.5) is 5.95 Å². The van der Waals surface area contributed by atoms with Gasteiger partial charge in [-0.15, -0.1) is 10.2 Å². The maximum atomic E-state index is 12.4. The smallest absolute Gasteiger partial charge is 0.233 e. The van der Waals surface area contributed by atoms with E-state index in [-0.39, 0.29) is 11.2 Å². The molecule has 1 atom stereocenters. The number of anilines is 1. The predicted molar refractivity (Wildman–Crippen MR) is 106 cm³/mol. The van der Waals surface area contributed by atoms with E-state index in [9.17, 15) is 4.79 Å². The molecule has 27 heavy (non-hydrogen) atoms. The van der Waals surface area contributed by atoms with Gasteiger partial charge in [0, 0.05) is 19.6 Å². The van der Waals surface area contributed by atoms with Crippen LogP contribution in [0.1, 0.15) is 24.8 Å². The summed E-state index contributed by atoms with van der Waals surface area (Å²) in [6.45, 7) is 5.80. The molecule has 2 fully saturated rings. The highest BCUT2D eigenvalue weighted by molar-refractivity contribution is 8.00. The number of hydrogen-bond acceptors (Lipinski definition) is 6. The van der Waals surface area contributed by atoms with Crippen molar-refractivity contribution in [1.82, 2.24) is 20.1 Å². The number of amides is 1. The van der Waals surface area contributed by atoms with Crippen molar-refractivity contribution in [2.24, 2.45) is 0 Å². The highest BCUT2D eigenvalue weighted by atomic mass is 32.2. The minimum absolute atomic E-state index is 0.101. The van der Waals surface area contributed by atoms with Crippen LogP contribution in [-0.2, 0) is 9.53 Å². The molecule has 1 amide bonds. The Labute approximate surface area is 163 Å². The van der Waals surface area contributed by atoms with Crippen molar-refractivity contribution in [2.45, 2.75) is 36.6 Å². The van der Waals surface area contributed by atoms with Gasteiger partial charge in [0.05, 0.1) is 24.2 Å². The monoisotopic (exact) mass is 387 g/mol. The van der Waals surface area contributed by atoms with Gasteiger partial charge in [-0.1, -0.05) is 35.9 Å². The fourth-order valence-electron chi connectivity index (χ4n) is 3.38. The summed E-state index contributed by atoms with van der Waals surface area (Å²) in [4.78, 5) is 14.6. The average molecular weight is 388 g/mol. The van der Waals surface area contributed by atoms with Gasteiger partial charge in [0.25, 0.3) is 0 Å². The van der Waals surface area contributed by atoms with E-state index in [4.69, 9.17) is 4.74 Å². The fraction of sp³-hybridized carbons (Fsp3) is 0.526. The molecule has 0 bridgehead atoms. The molecule has 0 aliphatic carbocycles. The van der Waals surface area contributed by atoms with E-state index >= 15 is 0 Å². The number of benzene rings is 1. The third kappa shape index (κ3) is 4.11. The highest BCUT2D eigenvalue weighted by Gasteiger charge is 2.27. The first kappa shape index (κ1) is 18.3. The van der Waals surface area contributed by atoms with Crippen LogP contribution in [-0.4, -0.2) is 58.8 Å². The molecule has 144 valence electrons. The number of ether oxygens (including phenoxy) is 1. The summed E-state index contributed by atoms with van der Waals surface area (Å²) in [6.07, 6.45) is 2.95. The number of nitrogens with zero attached hydrogens (tertiary/aromatic N) is 4. The highest BCUT2D eigenvalue weighted by Crippen LogP contribution is 2.32. The Hall–Kier alpha value is -2.06. The van der Waals surface area contributed by atoms with E-state index in [2.05, 4.69) is 56.2 Å². The molecule has 2 aromatic rings. The van der Waals surface area contributed by atoms with E-state index < -0.39 is 0 Å². The van der Waals surface area contributed by atoms with Crippen LogP contribution in [0.25, 0.3) is 5.69 Å². The number of thioether (sulfide) groups is 1. The van der Waals surface area contributed by atoms with E-state index in [1.165, 1.54) is 17.3 Å². The van der Waals surface area contributed by atoms with Gasteiger partial charge < -0.3 is 15.0 Å². The SMILES string of the molecule is Cc1ccc(-n2c(SC3CCCCNC3=O)nnc2N2CCOCC2)cc1. The lowest BCUT2D eigenvalue weighted by Gasteiger charge is -2.28. The molecule has 2 aliphatic rings. The molecule has 0 saturated carbocycles. The zero-order valence-electron chi connectivity index (χ0n) is 15.6. The Morgan fingerprint density at radius 1 is 1.15 bits per heavy atom. The van der Waals surface area contributed by atoms with Crippen molar-refractivity contribution < 1.29 is 9.53 Å². The molecular formula is C19H25N5O2S. The second-order valence-electron chi connectivity index (χ2n) is 6.95. The van der Waals surface area contributed by atoms with Crippen LogP contribution >= 0.6 is 11.8 Å². The third-order valence-corrected chi connectivity index (χ3v) is 6.14. The quantitative estimate of drug-likeness (QED) is 0.867. The zero-order chi connectivity index (χ0) is 18.6. The molecule has 1 unspecified atom stereocenters. The number of nitrogens with one attached hydrogen (secondary N) is 1. The van der Waals surface area contributed by atoms with E-state index in [0.717, 1.165) is 55.7 Å². The van der Waals surface area contributed by atoms with Gasteiger partial charge in [-0.05, 0) is 31.9 Å². The topological polar surface area (TPSA) is 72.3 Å². The van der Waals surface area contributed by atoms with Crippen molar-refractivity contribution in [3.05, 3.63) is 29.8 Å². The Morgan fingerprint density at radius 3 is 2.70 bits per heavy atom. The molecule has 0 radical (unpaired) electrons. The van der Waals surface area contributed by atoms with Crippen molar-refractivity contribution in [3.63, 3.8) is 0 Å². The largest absolute Gasteiger partial charge is 0.378 e. The van der Waals surface area contributed by atoms with Crippen LogP contribution in [0.2, 0.25) is 0 Å². The third-order valence-electron chi connectivity index (χ3n) is 4.93. The average Bonchev–Trinajstić information content (AvgIpc) is 3.00. The molecule has 1 aromatic heterocycles. The number of carbonyl (C=O) groups is 1. The number of rotatable bonds is 4. The number of aromatic nitrogens is 3. The zero-order valence-corrected chi connectivity index (χ0v) is 16.4. The van der Waals surface area contributed by atoms with Gasteiger partial charge in [-0.25, -0.2) is 0 Å². The molecule has 2 aliphatic heterocycles. The van der Waals surface area contributed by atoms with Gasteiger partial charge in [-0.2, -0.15) is 0 Å². The normalized spacial score (nSPS) is 21.0. The molecule has 0 spiro atoms. The van der Waals surface area contributed by atoms with Crippen molar-refractivity contribution in [2.75, 3.05) is 37.7 Å². The summed E-state index contributed by atoms with van der Waals surface area (Å²) in [5.74, 6) is 0.919. The summed E-state index contributed by atoms with van der Waals surface area (Å²) in [7, 11) is 0. The first-order valence-electron chi connectivity index (χ1n) is 9.52. The van der Waals surface area contributed by atoms with Crippen molar-refractivity contribution in [3.8, 4) is 5.69 Å². The van der Waals surface area contributed by atoms with Crippen LogP contribution in [0.5, 0.6) is 0 Å². The van der Waals surface area contributed by atoms with Crippen molar-refractivity contribution >= 4 is 23.6 Å². The first-order chi connectivity index (χ1) is 13.2. The van der Waals surface area contributed by atoms with Gasteiger partial charge in [0.1, 0.15) is 0 Å². The number of carbonyl (C=O) groups excluding carboxylic acids is 1. The van der Waals surface area contributed by atoms with E-state index in [1.54, 1.807) is 0 Å². The Kier molecular flexibility index (Phi) is 5.63. The van der Waals surface area contributed by atoms with Gasteiger partial charge in [0.2, 0.25) is 11.9 Å². The van der Waals surface area contributed by atoms with Gasteiger partial charge in [0.15, 0.2) is 5.16 Å². The number of hydrogen-bond donors (Lipinski definition) is 1. The van der Waals surface area contributed by atoms with Crippen molar-refractivity contribution in [1.29, 1.82) is 0 Å². The molecule has 1 aromatic carbocycles. The molecule has 7 nitrogen and oxygen atoms in total. The lowest BCUT2D eigenvalue weighted by Crippen LogP contribution is -2.38. The molecule has 1 N–H and O–H groups in total. The molecule has 4 rings (SSSR count). The number of morpholine rings is 1. The van der Waals surface area contributed by atoms with Gasteiger partial charge in [-0.3, -0.25) is 9.36 Å². The summed E-state index contributed by atoms with van der Waals surface area (Å²) in [5.41, 5.74) is 2.22. The van der Waals surface area contributed by atoms with E-state index in [1.807, 2.05) is 0 Å². The maximum absolute atomic E-state index is 12.4. The lowest BCUT2D eigenvalue weighted by molar-refractivity contribution is -0.120. The second kappa shape index (κ2) is 8.31. The molecule has 2 saturated heterocycles. The van der Waals surface area contributed by atoms with E-state index in [0.29, 0.717) is 13.2 Å². The summed E-state index contributed by atoms with van der Waals surface area (Å²) < 4.78 is 7.56. The molecular weight excluding hydrogens is 362 g/mol. The maximum Gasteiger partial charge on any atom is 0.233 e. The standard InChI is InChI=1S/C19H25N5O2S/c1-14-5-7-15(8-6-14)24-18(23-10-12-26-13-11-23)21-22-19(24)27-16-4-2-3-9-20-17(16)25/h5-8,16H,2-4,9-13H2,1H3,(H,20,25). The fourth-order valence-corrected chi connectivity index (χ4v) is 4.49. The summed E-state index contributed by atoms with van der Waals surface area (Å²) in [6, 6.07) is 8.34. The van der Waals surface area contributed by atoms with Crippen LogP contribution in [0.15, 0.2) is 29.4 Å². The lowest BCUT2D eigenvalue weighted by atomic mass is 10.2. The predicted octanol–water partition coefficient (Wildman–Crippen LogP) is 2.17. The molecule has 8 heteroatoms. The Balaban J connectivity index is 1.68. The molecule has 3 heterocycles. The summed E-state index contributed by atoms with van der Waals surface area (Å²) >= 11 is 1.52. The minimum atomic E-state index is -0.126. The van der Waals surface area contributed by atoms with Crippen LogP contribution in [0.3, 0.4) is 0 Å². The minimum Gasteiger partial charge on any atom is -0.378 e. The first-order valence-corrected chi connectivity index (χ1v) is 10.4. The number of aryl methyl sites for hydroxylation is 1. The van der Waals surface area contributed by atoms with Crippen LogP contribution < -0.4 is 10.2 Å². The Bertz CT molecular complexity index is 786. The Morgan fingerprint density at radius 2 is 1.93 bits per heavy atom. The van der Waals surface area contributed by atoms with Crippen LogP contribution in [0, 0.1) is 6.92 Å². The van der Waals surface area contributed by atoms with Gasteiger partial charge >= 0.3 is 0 Å².